The molecule has 13 heteroatoms. The first-order valence-electron chi connectivity index (χ1n) is 17.2. The quantitative estimate of drug-likeness (QED) is 0.263. The maximum absolute atomic E-state index is 14.0. The minimum atomic E-state index is -0.649. The number of methoxy groups -OCH3 is 1. The molecule has 11 nitrogen and oxygen atoms in total. The highest BCUT2D eigenvalue weighted by Gasteiger charge is 2.33. The average molecular weight is 675 g/mol. The van der Waals surface area contributed by atoms with E-state index in [0.29, 0.717) is 53.4 Å². The maximum Gasteiger partial charge on any atom is 0.247 e. The lowest BCUT2D eigenvalue weighted by atomic mass is 9.91. The molecule has 7 rings (SSSR count). The first-order chi connectivity index (χ1) is 23.9. The Morgan fingerprint density at radius 2 is 1.59 bits per heavy atom. The number of amides is 1. The van der Waals surface area contributed by atoms with Gasteiger partial charge in [0.05, 0.1) is 36.8 Å². The number of anilines is 5. The number of carbonyl (C=O) groups excluding carboxylic acids is 1. The van der Waals surface area contributed by atoms with Crippen molar-refractivity contribution in [1.29, 1.82) is 0 Å². The van der Waals surface area contributed by atoms with Crippen molar-refractivity contribution in [3.05, 3.63) is 72.6 Å². The summed E-state index contributed by atoms with van der Waals surface area (Å²) in [7, 11) is 1.61. The molecule has 1 aromatic heterocycles. The summed E-state index contributed by atoms with van der Waals surface area (Å²) in [5.74, 6) is -0.173. The molecule has 49 heavy (non-hydrogen) atoms. The molecule has 4 fully saturated rings. The van der Waals surface area contributed by atoms with E-state index in [-0.39, 0.29) is 5.91 Å². The zero-order valence-corrected chi connectivity index (χ0v) is 27.9. The average Bonchev–Trinajstić information content (AvgIpc) is 3.58. The molecule has 1 atom stereocenters. The SMILES string of the molecule is C=CC(=O)Nc1cc(Nc2cc(N3OCCC3c3cc(F)cc(F)c3)ncn2)c(OC)cc1N1CCC(N2CCN(C3CCC3)CC2)CC1. The second kappa shape index (κ2) is 14.7. The molecule has 260 valence electrons. The molecule has 3 saturated heterocycles. The summed E-state index contributed by atoms with van der Waals surface area (Å²) in [6.07, 6.45) is 9.36. The highest BCUT2D eigenvalue weighted by molar-refractivity contribution is 6.02. The Morgan fingerprint density at radius 1 is 0.898 bits per heavy atom. The number of rotatable bonds is 10. The van der Waals surface area contributed by atoms with Crippen LogP contribution in [0.3, 0.4) is 0 Å². The van der Waals surface area contributed by atoms with Crippen molar-refractivity contribution in [2.24, 2.45) is 0 Å². The molecule has 0 bridgehead atoms. The predicted octanol–water partition coefficient (Wildman–Crippen LogP) is 5.65. The van der Waals surface area contributed by atoms with Crippen LogP contribution in [0.2, 0.25) is 0 Å². The first kappa shape index (κ1) is 33.2. The Morgan fingerprint density at radius 3 is 2.22 bits per heavy atom. The van der Waals surface area contributed by atoms with E-state index < -0.39 is 17.7 Å². The monoisotopic (exact) mass is 674 g/mol. The van der Waals surface area contributed by atoms with Gasteiger partial charge in [0.1, 0.15) is 29.5 Å². The van der Waals surface area contributed by atoms with Crippen LogP contribution < -0.4 is 25.3 Å². The van der Waals surface area contributed by atoms with Gasteiger partial charge in [-0.1, -0.05) is 13.0 Å². The van der Waals surface area contributed by atoms with Crippen LogP contribution in [0.1, 0.15) is 50.1 Å². The van der Waals surface area contributed by atoms with E-state index >= 15 is 0 Å². The Kier molecular flexibility index (Phi) is 9.92. The van der Waals surface area contributed by atoms with E-state index in [0.717, 1.165) is 56.8 Å². The van der Waals surface area contributed by atoms with E-state index in [1.54, 1.807) is 18.2 Å². The third-order valence-corrected chi connectivity index (χ3v) is 10.3. The fraction of sp³-hybridized carbons (Fsp3) is 0.472. The van der Waals surface area contributed by atoms with Crippen molar-refractivity contribution in [1.82, 2.24) is 19.8 Å². The molecule has 1 unspecified atom stereocenters. The van der Waals surface area contributed by atoms with Gasteiger partial charge < -0.3 is 20.3 Å². The molecule has 3 aromatic rings. The molecule has 1 amide bonds. The lowest BCUT2D eigenvalue weighted by molar-refractivity contribution is -0.111. The summed E-state index contributed by atoms with van der Waals surface area (Å²) in [6, 6.07) is 9.88. The number of hydroxylamine groups is 1. The Labute approximate surface area is 285 Å². The van der Waals surface area contributed by atoms with Crippen LogP contribution in [0.15, 0.2) is 55.4 Å². The molecule has 0 spiro atoms. The Hall–Kier alpha value is -4.33. The van der Waals surface area contributed by atoms with E-state index in [1.165, 1.54) is 56.9 Å². The number of halogens is 2. The van der Waals surface area contributed by atoms with Crippen LogP contribution in [0.5, 0.6) is 5.75 Å². The van der Waals surface area contributed by atoms with Gasteiger partial charge in [-0.3, -0.25) is 19.4 Å². The molecule has 1 saturated carbocycles. The number of ether oxygens (including phenoxy) is 1. The highest BCUT2D eigenvalue weighted by atomic mass is 19.1. The van der Waals surface area contributed by atoms with Crippen LogP contribution in [-0.2, 0) is 9.63 Å². The number of nitrogens with zero attached hydrogens (tertiary/aromatic N) is 6. The normalized spacial score (nSPS) is 21.0. The van der Waals surface area contributed by atoms with Gasteiger partial charge in [0.2, 0.25) is 5.91 Å². The number of piperidine rings is 1. The second-order valence-corrected chi connectivity index (χ2v) is 13.2. The molecule has 0 radical (unpaired) electrons. The van der Waals surface area contributed by atoms with Gasteiger partial charge in [-0.2, -0.15) is 0 Å². The molecule has 2 N–H and O–H groups in total. The molecule has 3 aliphatic heterocycles. The van der Waals surface area contributed by atoms with Crippen molar-refractivity contribution in [2.75, 3.05) is 73.6 Å². The van der Waals surface area contributed by atoms with E-state index in [1.807, 2.05) is 12.1 Å². The zero-order chi connectivity index (χ0) is 33.9. The number of carbonyl (C=O) groups is 1. The van der Waals surface area contributed by atoms with Crippen molar-refractivity contribution >= 4 is 34.6 Å². The maximum atomic E-state index is 14.0. The van der Waals surface area contributed by atoms with E-state index in [4.69, 9.17) is 9.57 Å². The topological polar surface area (TPSA) is 98.3 Å². The van der Waals surface area contributed by atoms with Crippen LogP contribution in [-0.4, -0.2) is 90.7 Å². The second-order valence-electron chi connectivity index (χ2n) is 13.2. The third-order valence-electron chi connectivity index (χ3n) is 10.3. The van der Waals surface area contributed by atoms with Crippen LogP contribution >= 0.6 is 0 Å². The summed E-state index contributed by atoms with van der Waals surface area (Å²) in [6.45, 7) is 10.3. The molecule has 4 heterocycles. The van der Waals surface area contributed by atoms with Crippen LogP contribution in [0.4, 0.5) is 37.5 Å². The molecular weight excluding hydrogens is 630 g/mol. The minimum Gasteiger partial charge on any atom is -0.494 e. The summed E-state index contributed by atoms with van der Waals surface area (Å²) >= 11 is 0. The van der Waals surface area contributed by atoms with E-state index in [9.17, 15) is 13.6 Å². The lowest BCUT2D eigenvalue weighted by Gasteiger charge is -2.46. The zero-order valence-electron chi connectivity index (χ0n) is 27.9. The standard InChI is InChI=1S/C36H44F2N8O3/c1-3-36(47)42-29-20-30(41-34-22-35(40-23-39-34)46-31(9-16-49-46)24-17-25(37)19-26(38)18-24)33(48-2)21-32(29)45-10-7-28(8-11-45)44-14-12-43(13-15-44)27-5-4-6-27/h3,17-23,27-28,31H,1,4-16H2,2H3,(H,42,47)(H,39,40,41). The van der Waals surface area contributed by atoms with Crippen molar-refractivity contribution < 1.29 is 23.1 Å². The van der Waals surface area contributed by atoms with Crippen LogP contribution in [0.25, 0.3) is 0 Å². The summed E-state index contributed by atoms with van der Waals surface area (Å²) in [4.78, 5) is 34.9. The molecule has 1 aliphatic carbocycles. The molecule has 2 aromatic carbocycles. The third kappa shape index (κ3) is 7.34. The number of hydrogen-bond acceptors (Lipinski definition) is 10. The van der Waals surface area contributed by atoms with Gasteiger partial charge in [-0.15, -0.1) is 0 Å². The van der Waals surface area contributed by atoms with Crippen molar-refractivity contribution in [2.45, 2.75) is 56.7 Å². The van der Waals surface area contributed by atoms with Crippen LogP contribution in [0, 0.1) is 11.6 Å². The van der Waals surface area contributed by atoms with Gasteiger partial charge in [-0.05, 0) is 55.5 Å². The van der Waals surface area contributed by atoms with Crippen molar-refractivity contribution in [3.8, 4) is 5.75 Å². The fourth-order valence-electron chi connectivity index (χ4n) is 7.51. The Balaban J connectivity index is 1.07. The lowest BCUT2D eigenvalue weighted by Crippen LogP contribution is -2.56. The highest BCUT2D eigenvalue weighted by Crippen LogP contribution is 2.41. The smallest absolute Gasteiger partial charge is 0.247 e. The van der Waals surface area contributed by atoms with Crippen molar-refractivity contribution in [3.63, 3.8) is 0 Å². The van der Waals surface area contributed by atoms with Gasteiger partial charge in [-0.25, -0.2) is 23.8 Å². The minimum absolute atomic E-state index is 0.313. The Bertz CT molecular complexity index is 1640. The van der Waals surface area contributed by atoms with E-state index in [2.05, 4.69) is 41.9 Å². The molecule has 4 aliphatic rings. The number of nitrogens with one attached hydrogen (secondary N) is 2. The summed E-state index contributed by atoms with van der Waals surface area (Å²) < 4.78 is 33.9. The largest absolute Gasteiger partial charge is 0.494 e. The number of piperazine rings is 1. The molecular formula is C36H44F2N8O3. The first-order valence-corrected chi connectivity index (χ1v) is 17.2. The summed E-state index contributed by atoms with van der Waals surface area (Å²) in [5.41, 5.74) is 2.55. The summed E-state index contributed by atoms with van der Waals surface area (Å²) in [5, 5.41) is 7.85. The van der Waals surface area contributed by atoms with Gasteiger partial charge in [0, 0.05) is 76.0 Å². The number of benzene rings is 2. The predicted molar refractivity (Wildman–Crippen MR) is 185 cm³/mol. The fourth-order valence-corrected chi connectivity index (χ4v) is 7.51. The van der Waals surface area contributed by atoms with Gasteiger partial charge >= 0.3 is 0 Å². The van der Waals surface area contributed by atoms with Gasteiger partial charge in [0.25, 0.3) is 0 Å². The number of hydrogen-bond donors (Lipinski definition) is 2. The van der Waals surface area contributed by atoms with Gasteiger partial charge in [0.15, 0.2) is 5.82 Å². The number of aromatic nitrogens is 2.